The average Bonchev–Trinajstić information content (AvgIpc) is 2.56. The number of hydrogen-bond acceptors (Lipinski definition) is 5. The quantitative estimate of drug-likeness (QED) is 0.761. The molecule has 0 saturated carbocycles. The van der Waals surface area contributed by atoms with Gasteiger partial charge in [0.15, 0.2) is 9.84 Å². The minimum absolute atomic E-state index is 0.0374. The Hall–Kier alpha value is -2.44. The molecule has 0 bridgehead atoms. The number of aromatic nitrogens is 1. The van der Waals surface area contributed by atoms with Gasteiger partial charge in [0.25, 0.3) is 0 Å². The summed E-state index contributed by atoms with van der Waals surface area (Å²) in [5.74, 6) is 0. The maximum Gasteiger partial charge on any atom is 0.175 e. The first kappa shape index (κ1) is 16.4. The van der Waals surface area contributed by atoms with E-state index in [2.05, 4.69) is 10.3 Å². The maximum atomic E-state index is 11.8. The van der Waals surface area contributed by atoms with Crippen molar-refractivity contribution in [3.8, 4) is 0 Å². The van der Waals surface area contributed by atoms with Crippen molar-refractivity contribution >= 4 is 32.1 Å². The Morgan fingerprint density at radius 2 is 1.88 bits per heavy atom. The molecular weight excluding hydrogens is 324 g/mol. The highest BCUT2D eigenvalue weighted by atomic mass is 32.2. The summed E-state index contributed by atoms with van der Waals surface area (Å²) in [5, 5.41) is 13.4. The van der Waals surface area contributed by atoms with E-state index >= 15 is 0 Å². The maximum absolute atomic E-state index is 11.8. The number of nitrogens with zero attached hydrogens (tertiary/aromatic N) is 1. The third-order valence-electron chi connectivity index (χ3n) is 3.90. The van der Waals surface area contributed by atoms with Gasteiger partial charge in [0.1, 0.15) is 0 Å². The highest BCUT2D eigenvalue weighted by Gasteiger charge is 2.11. The van der Waals surface area contributed by atoms with Crippen molar-refractivity contribution in [1.82, 2.24) is 4.98 Å². The molecule has 0 amide bonds. The Morgan fingerprint density at radius 3 is 2.58 bits per heavy atom. The predicted octanol–water partition coefficient (Wildman–Crippen LogP) is 3.18. The normalized spacial score (nSPS) is 11.6. The van der Waals surface area contributed by atoms with Gasteiger partial charge in [-0.1, -0.05) is 12.1 Å². The van der Waals surface area contributed by atoms with Crippen LogP contribution < -0.4 is 5.32 Å². The van der Waals surface area contributed by atoms with Gasteiger partial charge in [0.05, 0.1) is 17.0 Å². The van der Waals surface area contributed by atoms with Crippen molar-refractivity contribution in [1.29, 1.82) is 0 Å². The zero-order valence-corrected chi connectivity index (χ0v) is 14.3. The van der Waals surface area contributed by atoms with Gasteiger partial charge in [0, 0.05) is 29.2 Å². The molecule has 0 radical (unpaired) electrons. The Bertz CT molecular complexity index is 1010. The fraction of sp³-hybridized carbons (Fsp3) is 0.167. The molecule has 1 aromatic heterocycles. The fourth-order valence-electron chi connectivity index (χ4n) is 2.51. The first-order valence-electron chi connectivity index (χ1n) is 7.45. The van der Waals surface area contributed by atoms with E-state index in [9.17, 15) is 13.5 Å². The van der Waals surface area contributed by atoms with Crippen molar-refractivity contribution in [3.63, 3.8) is 0 Å². The zero-order valence-electron chi connectivity index (χ0n) is 13.4. The second-order valence-electron chi connectivity index (χ2n) is 5.74. The van der Waals surface area contributed by atoms with Crippen LogP contribution in [0.25, 0.3) is 10.9 Å². The van der Waals surface area contributed by atoms with E-state index in [1.54, 1.807) is 30.5 Å². The summed E-state index contributed by atoms with van der Waals surface area (Å²) in [6, 6.07) is 12.4. The van der Waals surface area contributed by atoms with Crippen LogP contribution in [0.1, 0.15) is 11.1 Å². The number of fused-ring (bicyclic) bond motifs is 1. The Kier molecular flexibility index (Phi) is 4.26. The number of sulfone groups is 1. The monoisotopic (exact) mass is 342 g/mol. The molecule has 1 heterocycles. The Labute approximate surface area is 140 Å². The first-order valence-corrected chi connectivity index (χ1v) is 9.34. The van der Waals surface area contributed by atoms with Gasteiger partial charge in [-0.25, -0.2) is 8.42 Å². The summed E-state index contributed by atoms with van der Waals surface area (Å²) >= 11 is 0. The summed E-state index contributed by atoms with van der Waals surface area (Å²) in [4.78, 5) is 4.54. The number of anilines is 2. The number of nitrogens with one attached hydrogen (secondary N) is 1. The Morgan fingerprint density at radius 1 is 1.08 bits per heavy atom. The highest BCUT2D eigenvalue weighted by Crippen LogP contribution is 2.29. The molecule has 3 aromatic rings. The van der Waals surface area contributed by atoms with E-state index in [1.807, 2.05) is 25.1 Å². The molecule has 2 aromatic carbocycles. The molecule has 0 unspecified atom stereocenters. The van der Waals surface area contributed by atoms with Crippen LogP contribution in [0.5, 0.6) is 0 Å². The number of rotatable bonds is 4. The van der Waals surface area contributed by atoms with Gasteiger partial charge in [-0.3, -0.25) is 4.98 Å². The third-order valence-corrected chi connectivity index (χ3v) is 5.01. The van der Waals surface area contributed by atoms with Crippen molar-refractivity contribution in [2.75, 3.05) is 11.6 Å². The summed E-state index contributed by atoms with van der Waals surface area (Å²) < 4.78 is 23.6. The van der Waals surface area contributed by atoms with Gasteiger partial charge in [0.2, 0.25) is 0 Å². The van der Waals surface area contributed by atoms with Crippen LogP contribution in [0.2, 0.25) is 0 Å². The van der Waals surface area contributed by atoms with E-state index in [0.717, 1.165) is 27.9 Å². The molecule has 0 aliphatic carbocycles. The van der Waals surface area contributed by atoms with Gasteiger partial charge in [-0.05, 0) is 48.4 Å². The highest BCUT2D eigenvalue weighted by molar-refractivity contribution is 7.90. The SMILES string of the molecule is Cc1ccc(CO)cc1Nc1ccnc2ccc(S(C)(=O)=O)cc12. The van der Waals surface area contributed by atoms with Gasteiger partial charge < -0.3 is 10.4 Å². The summed E-state index contributed by atoms with van der Waals surface area (Å²) in [5.41, 5.74) is 4.17. The van der Waals surface area contributed by atoms with E-state index < -0.39 is 9.84 Å². The zero-order chi connectivity index (χ0) is 17.3. The number of aryl methyl sites for hydroxylation is 1. The molecule has 6 heteroatoms. The molecule has 0 saturated heterocycles. The van der Waals surface area contributed by atoms with Crippen LogP contribution in [0.15, 0.2) is 53.6 Å². The molecule has 124 valence electrons. The second kappa shape index (κ2) is 6.22. The van der Waals surface area contributed by atoms with E-state index in [1.165, 1.54) is 6.26 Å². The van der Waals surface area contributed by atoms with Crippen molar-refractivity contribution < 1.29 is 13.5 Å². The van der Waals surface area contributed by atoms with Crippen LogP contribution in [0, 0.1) is 6.92 Å². The lowest BCUT2D eigenvalue weighted by atomic mass is 10.1. The fourth-order valence-corrected chi connectivity index (χ4v) is 3.16. The average molecular weight is 342 g/mol. The lowest BCUT2D eigenvalue weighted by Crippen LogP contribution is -1.99. The minimum atomic E-state index is -3.29. The topological polar surface area (TPSA) is 79.3 Å². The largest absolute Gasteiger partial charge is 0.392 e. The number of aliphatic hydroxyl groups excluding tert-OH is 1. The molecule has 0 spiro atoms. The molecule has 0 aliphatic rings. The third kappa shape index (κ3) is 3.25. The van der Waals surface area contributed by atoms with Gasteiger partial charge in [-0.15, -0.1) is 0 Å². The first-order chi connectivity index (χ1) is 11.4. The minimum Gasteiger partial charge on any atom is -0.392 e. The molecule has 2 N–H and O–H groups in total. The van der Waals surface area contributed by atoms with Gasteiger partial charge >= 0.3 is 0 Å². The summed E-state index contributed by atoms with van der Waals surface area (Å²) in [6.07, 6.45) is 2.86. The van der Waals surface area contributed by atoms with Crippen molar-refractivity contribution in [2.45, 2.75) is 18.4 Å². The number of benzene rings is 2. The molecular formula is C18H18N2O3S. The van der Waals surface area contributed by atoms with E-state index in [4.69, 9.17) is 0 Å². The molecule has 0 fully saturated rings. The van der Waals surface area contributed by atoms with E-state index in [0.29, 0.717) is 5.52 Å². The number of hydrogen-bond donors (Lipinski definition) is 2. The van der Waals surface area contributed by atoms with Gasteiger partial charge in [-0.2, -0.15) is 0 Å². The molecule has 0 atom stereocenters. The number of aliphatic hydroxyl groups is 1. The molecule has 5 nitrogen and oxygen atoms in total. The molecule has 0 aliphatic heterocycles. The van der Waals surface area contributed by atoms with Crippen molar-refractivity contribution in [3.05, 3.63) is 59.8 Å². The lowest BCUT2D eigenvalue weighted by molar-refractivity contribution is 0.282. The second-order valence-corrected chi connectivity index (χ2v) is 7.76. The van der Waals surface area contributed by atoms with Crippen LogP contribution in [-0.4, -0.2) is 24.8 Å². The van der Waals surface area contributed by atoms with Crippen LogP contribution in [0.4, 0.5) is 11.4 Å². The summed E-state index contributed by atoms with van der Waals surface area (Å²) in [7, 11) is -3.29. The van der Waals surface area contributed by atoms with Crippen LogP contribution in [0.3, 0.4) is 0 Å². The number of pyridine rings is 1. The van der Waals surface area contributed by atoms with E-state index in [-0.39, 0.29) is 11.5 Å². The molecule has 3 rings (SSSR count). The van der Waals surface area contributed by atoms with Crippen LogP contribution >= 0.6 is 0 Å². The Balaban J connectivity index is 2.13. The smallest absolute Gasteiger partial charge is 0.175 e. The van der Waals surface area contributed by atoms with Crippen LogP contribution in [-0.2, 0) is 16.4 Å². The van der Waals surface area contributed by atoms with Crippen molar-refractivity contribution in [2.24, 2.45) is 0 Å². The summed E-state index contributed by atoms with van der Waals surface area (Å²) in [6.45, 7) is 1.93. The molecule has 24 heavy (non-hydrogen) atoms. The standard InChI is InChI=1S/C18H18N2O3S/c1-12-3-4-13(11-21)9-18(12)20-17-7-8-19-16-6-5-14(10-15(16)17)24(2,22)23/h3-10,21H,11H2,1-2H3,(H,19,20). The predicted molar refractivity (Wildman–Crippen MR) is 95.2 cm³/mol. The lowest BCUT2D eigenvalue weighted by Gasteiger charge is -2.13.